The van der Waals surface area contributed by atoms with Crippen LogP contribution >= 0.6 is 11.6 Å². The van der Waals surface area contributed by atoms with Crippen molar-refractivity contribution < 1.29 is 8.42 Å². The predicted octanol–water partition coefficient (Wildman–Crippen LogP) is 3.82. The summed E-state index contributed by atoms with van der Waals surface area (Å²) < 4.78 is 25.3. The average molecular weight is 324 g/mol. The van der Waals surface area contributed by atoms with E-state index < -0.39 is 9.84 Å². The molecular formula is C16H18ClNO2S. The van der Waals surface area contributed by atoms with Crippen LogP contribution in [0.15, 0.2) is 35.2 Å². The third-order valence-corrected chi connectivity index (χ3v) is 5.41. The fraction of sp³-hybridized carbons (Fsp3) is 0.250. The number of anilines is 1. The van der Waals surface area contributed by atoms with Crippen molar-refractivity contribution in [1.29, 1.82) is 0 Å². The van der Waals surface area contributed by atoms with Gasteiger partial charge in [-0.05, 0) is 55.7 Å². The van der Waals surface area contributed by atoms with E-state index in [-0.39, 0.29) is 16.3 Å². The Balaban J connectivity index is 2.50. The molecule has 112 valence electrons. The predicted molar refractivity (Wildman–Crippen MR) is 87.4 cm³/mol. The zero-order chi connectivity index (χ0) is 15.8. The molecule has 0 amide bonds. The number of aryl methyl sites for hydroxylation is 3. The van der Waals surface area contributed by atoms with E-state index in [1.54, 1.807) is 6.07 Å². The summed E-state index contributed by atoms with van der Waals surface area (Å²) in [6, 6.07) is 8.48. The second-order valence-corrected chi connectivity index (χ2v) is 7.71. The molecule has 2 aromatic carbocycles. The minimum atomic E-state index is -3.53. The number of sulfone groups is 1. The van der Waals surface area contributed by atoms with Gasteiger partial charge in [0.15, 0.2) is 9.84 Å². The van der Waals surface area contributed by atoms with Crippen LogP contribution < -0.4 is 5.73 Å². The Hall–Kier alpha value is -1.52. The lowest BCUT2D eigenvalue weighted by atomic mass is 10.0. The summed E-state index contributed by atoms with van der Waals surface area (Å²) >= 11 is 5.89. The molecule has 0 saturated carbocycles. The summed E-state index contributed by atoms with van der Waals surface area (Å²) in [5, 5.41) is 0.361. The molecule has 0 heterocycles. The Morgan fingerprint density at radius 1 is 1.05 bits per heavy atom. The molecule has 21 heavy (non-hydrogen) atoms. The molecule has 2 N–H and O–H groups in total. The SMILES string of the molecule is Cc1cc(C)c(CS(=O)(=O)c2cc(Cl)ccc2N)c(C)c1. The minimum absolute atomic E-state index is 0.0739. The molecule has 0 aliphatic heterocycles. The molecule has 0 fully saturated rings. The second-order valence-electron chi connectivity index (χ2n) is 5.32. The van der Waals surface area contributed by atoms with Crippen molar-refractivity contribution in [3.63, 3.8) is 0 Å². The lowest BCUT2D eigenvalue weighted by Gasteiger charge is -2.13. The van der Waals surface area contributed by atoms with E-state index in [2.05, 4.69) is 0 Å². The van der Waals surface area contributed by atoms with Gasteiger partial charge in [0.1, 0.15) is 0 Å². The van der Waals surface area contributed by atoms with Gasteiger partial charge in [0.05, 0.1) is 16.3 Å². The Morgan fingerprint density at radius 2 is 1.62 bits per heavy atom. The van der Waals surface area contributed by atoms with Crippen molar-refractivity contribution in [3.05, 3.63) is 57.6 Å². The molecule has 0 bridgehead atoms. The highest BCUT2D eigenvalue weighted by atomic mass is 35.5. The number of benzene rings is 2. The quantitative estimate of drug-likeness (QED) is 0.873. The molecule has 2 aromatic rings. The van der Waals surface area contributed by atoms with Gasteiger partial charge in [0, 0.05) is 5.02 Å². The summed E-state index contributed by atoms with van der Waals surface area (Å²) in [5.41, 5.74) is 9.89. The van der Waals surface area contributed by atoms with Crippen molar-refractivity contribution in [2.75, 3.05) is 5.73 Å². The van der Waals surface area contributed by atoms with Crippen molar-refractivity contribution in [2.45, 2.75) is 31.4 Å². The molecule has 0 aliphatic carbocycles. The van der Waals surface area contributed by atoms with Crippen LogP contribution in [0, 0.1) is 20.8 Å². The lowest BCUT2D eigenvalue weighted by molar-refractivity contribution is 0.595. The number of rotatable bonds is 3. The van der Waals surface area contributed by atoms with Crippen LogP contribution in [0.1, 0.15) is 22.3 Å². The van der Waals surface area contributed by atoms with E-state index in [0.717, 1.165) is 22.3 Å². The van der Waals surface area contributed by atoms with Gasteiger partial charge in [-0.3, -0.25) is 0 Å². The molecule has 0 aliphatic rings. The highest BCUT2D eigenvalue weighted by Crippen LogP contribution is 2.28. The molecule has 3 nitrogen and oxygen atoms in total. The maximum atomic E-state index is 12.6. The Labute approximate surface area is 130 Å². The van der Waals surface area contributed by atoms with Crippen molar-refractivity contribution in [2.24, 2.45) is 0 Å². The van der Waals surface area contributed by atoms with E-state index >= 15 is 0 Å². The van der Waals surface area contributed by atoms with Gasteiger partial charge < -0.3 is 5.73 Å². The summed E-state index contributed by atoms with van der Waals surface area (Å²) in [5.74, 6) is -0.0739. The Bertz CT molecular complexity index is 775. The summed E-state index contributed by atoms with van der Waals surface area (Å²) in [6.07, 6.45) is 0. The van der Waals surface area contributed by atoms with Crippen LogP contribution in [-0.2, 0) is 15.6 Å². The largest absolute Gasteiger partial charge is 0.398 e. The second kappa shape index (κ2) is 5.70. The first-order chi connectivity index (χ1) is 9.70. The highest BCUT2D eigenvalue weighted by Gasteiger charge is 2.21. The smallest absolute Gasteiger partial charge is 0.184 e. The molecule has 0 unspecified atom stereocenters. The van der Waals surface area contributed by atoms with Gasteiger partial charge >= 0.3 is 0 Å². The summed E-state index contributed by atoms with van der Waals surface area (Å²) in [7, 11) is -3.53. The average Bonchev–Trinajstić information content (AvgIpc) is 2.36. The molecule has 0 spiro atoms. The summed E-state index contributed by atoms with van der Waals surface area (Å²) in [4.78, 5) is 0.0920. The number of nitrogen functional groups attached to an aromatic ring is 1. The van der Waals surface area contributed by atoms with Gasteiger partial charge in [-0.2, -0.15) is 0 Å². The molecule has 2 rings (SSSR count). The molecular weight excluding hydrogens is 306 g/mol. The number of hydrogen-bond donors (Lipinski definition) is 1. The van der Waals surface area contributed by atoms with E-state index in [1.165, 1.54) is 12.1 Å². The van der Waals surface area contributed by atoms with Crippen molar-refractivity contribution in [1.82, 2.24) is 0 Å². The first kappa shape index (κ1) is 15.9. The van der Waals surface area contributed by atoms with Gasteiger partial charge in [-0.15, -0.1) is 0 Å². The molecule has 0 aromatic heterocycles. The summed E-state index contributed by atoms with van der Waals surface area (Å²) in [6.45, 7) is 5.84. The standard InChI is InChI=1S/C16H18ClNO2S/c1-10-6-11(2)14(12(3)7-10)9-21(19,20)16-8-13(17)4-5-15(16)18/h4-8H,9,18H2,1-3H3. The van der Waals surface area contributed by atoms with E-state index in [4.69, 9.17) is 17.3 Å². The van der Waals surface area contributed by atoms with Gasteiger partial charge in [0.25, 0.3) is 0 Å². The Kier molecular flexibility index (Phi) is 4.30. The maximum Gasteiger partial charge on any atom is 0.184 e. The highest BCUT2D eigenvalue weighted by molar-refractivity contribution is 7.90. The van der Waals surface area contributed by atoms with Gasteiger partial charge in [0.2, 0.25) is 0 Å². The third-order valence-electron chi connectivity index (χ3n) is 3.49. The maximum absolute atomic E-state index is 12.6. The van der Waals surface area contributed by atoms with Gasteiger partial charge in [-0.1, -0.05) is 29.3 Å². The van der Waals surface area contributed by atoms with Crippen LogP contribution in [0.25, 0.3) is 0 Å². The number of halogens is 1. The third kappa shape index (κ3) is 3.39. The zero-order valence-corrected chi connectivity index (χ0v) is 13.8. The molecule has 5 heteroatoms. The molecule has 0 saturated heterocycles. The molecule has 0 atom stereocenters. The van der Waals surface area contributed by atoms with Crippen molar-refractivity contribution >= 4 is 27.1 Å². The topological polar surface area (TPSA) is 60.2 Å². The normalized spacial score (nSPS) is 11.6. The molecule has 0 radical (unpaired) electrons. The fourth-order valence-corrected chi connectivity index (χ4v) is 4.44. The Morgan fingerprint density at radius 3 is 2.19 bits per heavy atom. The first-order valence-electron chi connectivity index (χ1n) is 6.55. The van der Waals surface area contributed by atoms with E-state index in [9.17, 15) is 8.42 Å². The van der Waals surface area contributed by atoms with Crippen LogP contribution in [0.5, 0.6) is 0 Å². The van der Waals surface area contributed by atoms with Crippen LogP contribution in [0.3, 0.4) is 0 Å². The van der Waals surface area contributed by atoms with Gasteiger partial charge in [-0.25, -0.2) is 8.42 Å². The zero-order valence-electron chi connectivity index (χ0n) is 12.3. The minimum Gasteiger partial charge on any atom is -0.398 e. The van der Waals surface area contributed by atoms with Crippen LogP contribution in [-0.4, -0.2) is 8.42 Å². The van der Waals surface area contributed by atoms with Crippen molar-refractivity contribution in [3.8, 4) is 0 Å². The monoisotopic (exact) mass is 323 g/mol. The lowest BCUT2D eigenvalue weighted by Crippen LogP contribution is -2.10. The van der Waals surface area contributed by atoms with Crippen LogP contribution in [0.4, 0.5) is 5.69 Å². The van der Waals surface area contributed by atoms with E-state index in [0.29, 0.717) is 5.02 Å². The van der Waals surface area contributed by atoms with E-state index in [1.807, 2.05) is 32.9 Å². The number of nitrogens with two attached hydrogens (primary N) is 1. The van der Waals surface area contributed by atoms with Crippen LogP contribution in [0.2, 0.25) is 5.02 Å². The first-order valence-corrected chi connectivity index (χ1v) is 8.58. The fourth-order valence-electron chi connectivity index (χ4n) is 2.48. The number of hydrogen-bond acceptors (Lipinski definition) is 3.